The highest BCUT2D eigenvalue weighted by Gasteiger charge is 2.20. The van der Waals surface area contributed by atoms with Gasteiger partial charge in [-0.05, 0) is 23.1 Å². The van der Waals surface area contributed by atoms with Crippen LogP contribution in [0.2, 0.25) is 0 Å². The normalized spacial score (nSPS) is 17.6. The predicted molar refractivity (Wildman–Crippen MR) is 89.4 cm³/mol. The van der Waals surface area contributed by atoms with Crippen LogP contribution >= 0.6 is 0 Å². The van der Waals surface area contributed by atoms with E-state index in [-0.39, 0.29) is 0 Å². The van der Waals surface area contributed by atoms with E-state index in [0.717, 1.165) is 26.2 Å². The fourth-order valence-corrected chi connectivity index (χ4v) is 3.23. The van der Waals surface area contributed by atoms with Gasteiger partial charge in [0.15, 0.2) is 0 Å². The smallest absolute Gasteiger partial charge is 0.0346 e. The van der Waals surface area contributed by atoms with Crippen molar-refractivity contribution in [1.82, 2.24) is 10.2 Å². The number of rotatable bonds is 4. The second-order valence-electron chi connectivity index (χ2n) is 5.70. The molecule has 0 saturated carbocycles. The van der Waals surface area contributed by atoms with Crippen LogP contribution in [0.5, 0.6) is 0 Å². The van der Waals surface area contributed by atoms with Crippen molar-refractivity contribution >= 4 is 0 Å². The molecule has 1 aliphatic heterocycles. The van der Waals surface area contributed by atoms with Crippen LogP contribution in [0.25, 0.3) is 11.1 Å². The van der Waals surface area contributed by atoms with Gasteiger partial charge in [-0.3, -0.25) is 4.90 Å². The minimum atomic E-state index is 0.553. The summed E-state index contributed by atoms with van der Waals surface area (Å²) in [4.78, 5) is 2.61. The Morgan fingerprint density at radius 3 is 2.14 bits per heavy atom. The van der Waals surface area contributed by atoms with Gasteiger partial charge in [-0.2, -0.15) is 0 Å². The van der Waals surface area contributed by atoms with Crippen LogP contribution in [0.15, 0.2) is 54.6 Å². The van der Waals surface area contributed by atoms with Crippen LogP contribution in [0.4, 0.5) is 0 Å². The molecular formula is C19H24N2. The topological polar surface area (TPSA) is 15.3 Å². The van der Waals surface area contributed by atoms with Gasteiger partial charge in [0.05, 0.1) is 0 Å². The van der Waals surface area contributed by atoms with Gasteiger partial charge in [0.1, 0.15) is 0 Å². The molecule has 0 spiro atoms. The maximum Gasteiger partial charge on any atom is 0.0346 e. The van der Waals surface area contributed by atoms with E-state index in [0.29, 0.717) is 6.04 Å². The van der Waals surface area contributed by atoms with E-state index < -0.39 is 0 Å². The number of hydrogen-bond donors (Lipinski definition) is 1. The van der Waals surface area contributed by atoms with Crippen LogP contribution < -0.4 is 5.32 Å². The standard InChI is InChI=1S/C19H24N2/c1-2-19(21-14-12-20-13-15-21)18-10-8-17(9-11-18)16-6-4-3-5-7-16/h3-11,19-20H,2,12-15H2,1H3. The predicted octanol–water partition coefficient (Wildman–Crippen LogP) is 3.71. The third kappa shape index (κ3) is 3.34. The van der Waals surface area contributed by atoms with Crippen LogP contribution in [0, 0.1) is 0 Å². The lowest BCUT2D eigenvalue weighted by molar-refractivity contribution is 0.169. The Bertz CT molecular complexity index is 542. The molecule has 3 rings (SSSR count). The third-order valence-electron chi connectivity index (χ3n) is 4.38. The summed E-state index contributed by atoms with van der Waals surface area (Å²) in [6.45, 7) is 6.81. The lowest BCUT2D eigenvalue weighted by Crippen LogP contribution is -2.45. The maximum atomic E-state index is 3.43. The maximum absolute atomic E-state index is 3.43. The van der Waals surface area contributed by atoms with Crippen molar-refractivity contribution < 1.29 is 0 Å². The van der Waals surface area contributed by atoms with Crippen LogP contribution in [0.1, 0.15) is 24.9 Å². The van der Waals surface area contributed by atoms with Crippen molar-refractivity contribution in [2.24, 2.45) is 0 Å². The number of nitrogens with one attached hydrogen (secondary N) is 1. The van der Waals surface area contributed by atoms with Crippen LogP contribution in [-0.2, 0) is 0 Å². The van der Waals surface area contributed by atoms with Crippen molar-refractivity contribution in [3.05, 3.63) is 60.2 Å². The second kappa shape index (κ2) is 6.88. The van der Waals surface area contributed by atoms with Gasteiger partial charge in [-0.15, -0.1) is 0 Å². The largest absolute Gasteiger partial charge is 0.314 e. The van der Waals surface area contributed by atoms with E-state index in [2.05, 4.69) is 71.7 Å². The minimum Gasteiger partial charge on any atom is -0.314 e. The van der Waals surface area contributed by atoms with Crippen molar-refractivity contribution in [2.75, 3.05) is 26.2 Å². The van der Waals surface area contributed by atoms with E-state index in [4.69, 9.17) is 0 Å². The molecule has 21 heavy (non-hydrogen) atoms. The Hall–Kier alpha value is -1.64. The first-order chi connectivity index (χ1) is 10.4. The van der Waals surface area contributed by atoms with Gasteiger partial charge in [0.25, 0.3) is 0 Å². The average Bonchev–Trinajstić information content (AvgIpc) is 2.58. The minimum absolute atomic E-state index is 0.553. The highest BCUT2D eigenvalue weighted by Crippen LogP contribution is 2.27. The Morgan fingerprint density at radius 1 is 0.905 bits per heavy atom. The molecule has 0 radical (unpaired) electrons. The summed E-state index contributed by atoms with van der Waals surface area (Å²) in [5.41, 5.74) is 4.04. The fraction of sp³-hybridized carbons (Fsp3) is 0.368. The van der Waals surface area contributed by atoms with Crippen molar-refractivity contribution in [3.8, 4) is 11.1 Å². The summed E-state index contributed by atoms with van der Waals surface area (Å²) < 4.78 is 0. The molecule has 2 nitrogen and oxygen atoms in total. The Labute approximate surface area is 127 Å². The number of hydrogen-bond acceptors (Lipinski definition) is 2. The second-order valence-corrected chi connectivity index (χ2v) is 5.70. The number of piperazine rings is 1. The van der Waals surface area contributed by atoms with E-state index in [9.17, 15) is 0 Å². The van der Waals surface area contributed by atoms with E-state index >= 15 is 0 Å². The molecule has 1 atom stereocenters. The fourth-order valence-electron chi connectivity index (χ4n) is 3.23. The van der Waals surface area contributed by atoms with Gasteiger partial charge in [0.2, 0.25) is 0 Å². The third-order valence-corrected chi connectivity index (χ3v) is 4.38. The molecule has 0 bridgehead atoms. The molecule has 1 fully saturated rings. The first-order valence-electron chi connectivity index (χ1n) is 7.98. The zero-order valence-corrected chi connectivity index (χ0v) is 12.8. The highest BCUT2D eigenvalue weighted by atomic mass is 15.2. The first kappa shape index (κ1) is 14.3. The summed E-state index contributed by atoms with van der Waals surface area (Å²) in [6.07, 6.45) is 1.17. The van der Waals surface area contributed by atoms with E-state index in [1.807, 2.05) is 0 Å². The molecule has 2 heteroatoms. The number of nitrogens with zero attached hydrogens (tertiary/aromatic N) is 1. The summed E-state index contributed by atoms with van der Waals surface area (Å²) in [7, 11) is 0. The molecule has 1 heterocycles. The summed E-state index contributed by atoms with van der Waals surface area (Å²) in [5, 5.41) is 3.43. The molecule has 1 saturated heterocycles. The van der Waals surface area contributed by atoms with Crippen LogP contribution in [0.3, 0.4) is 0 Å². The molecule has 0 amide bonds. The molecule has 1 N–H and O–H groups in total. The highest BCUT2D eigenvalue weighted by molar-refractivity contribution is 5.63. The lowest BCUT2D eigenvalue weighted by atomic mass is 9.98. The molecule has 0 aliphatic carbocycles. The summed E-state index contributed by atoms with van der Waals surface area (Å²) >= 11 is 0. The van der Waals surface area contributed by atoms with Crippen molar-refractivity contribution in [3.63, 3.8) is 0 Å². The first-order valence-corrected chi connectivity index (χ1v) is 7.98. The molecule has 0 aromatic heterocycles. The van der Waals surface area contributed by atoms with Crippen molar-refractivity contribution in [2.45, 2.75) is 19.4 Å². The zero-order chi connectivity index (χ0) is 14.5. The quantitative estimate of drug-likeness (QED) is 0.918. The van der Waals surface area contributed by atoms with Gasteiger partial charge in [0, 0.05) is 32.2 Å². The Balaban J connectivity index is 1.79. The van der Waals surface area contributed by atoms with Gasteiger partial charge in [-0.1, -0.05) is 61.5 Å². The van der Waals surface area contributed by atoms with Gasteiger partial charge in [-0.25, -0.2) is 0 Å². The van der Waals surface area contributed by atoms with Gasteiger partial charge < -0.3 is 5.32 Å². The van der Waals surface area contributed by atoms with Crippen molar-refractivity contribution in [1.29, 1.82) is 0 Å². The summed E-state index contributed by atoms with van der Waals surface area (Å²) in [6, 6.07) is 20.3. The molecule has 1 aliphatic rings. The number of benzene rings is 2. The molecule has 2 aromatic carbocycles. The summed E-state index contributed by atoms with van der Waals surface area (Å²) in [5.74, 6) is 0. The Kier molecular flexibility index (Phi) is 4.69. The SMILES string of the molecule is CCC(c1ccc(-c2ccccc2)cc1)N1CCNCC1. The molecular weight excluding hydrogens is 256 g/mol. The molecule has 1 unspecified atom stereocenters. The van der Waals surface area contributed by atoms with Crippen LogP contribution in [-0.4, -0.2) is 31.1 Å². The molecule has 2 aromatic rings. The molecule has 110 valence electrons. The lowest BCUT2D eigenvalue weighted by Gasteiger charge is -2.34. The van der Waals surface area contributed by atoms with Gasteiger partial charge >= 0.3 is 0 Å². The van der Waals surface area contributed by atoms with E-state index in [1.165, 1.54) is 23.1 Å². The monoisotopic (exact) mass is 280 g/mol. The average molecular weight is 280 g/mol. The van der Waals surface area contributed by atoms with E-state index in [1.54, 1.807) is 0 Å². The zero-order valence-electron chi connectivity index (χ0n) is 12.8. The Morgan fingerprint density at radius 2 is 1.52 bits per heavy atom.